The minimum atomic E-state index is -1.06. The predicted octanol–water partition coefficient (Wildman–Crippen LogP) is 3.14. The summed E-state index contributed by atoms with van der Waals surface area (Å²) in [6, 6.07) is 16.4. The third-order valence-corrected chi connectivity index (χ3v) is 5.26. The van der Waals surface area contributed by atoms with E-state index in [4.69, 9.17) is 0 Å². The van der Waals surface area contributed by atoms with Crippen LogP contribution in [0.25, 0.3) is 0 Å². The van der Waals surface area contributed by atoms with Crippen molar-refractivity contribution in [1.29, 1.82) is 0 Å². The first kappa shape index (κ1) is 25.8. The molecule has 1 atom stereocenters. The number of halogens is 1. The first-order chi connectivity index (χ1) is 14.9. The van der Waals surface area contributed by atoms with Crippen LogP contribution < -0.4 is 10.6 Å². The van der Waals surface area contributed by atoms with Gasteiger partial charge < -0.3 is 15.7 Å². The monoisotopic (exact) mass is 550 g/mol. The van der Waals surface area contributed by atoms with Crippen LogP contribution in [0.15, 0.2) is 59.6 Å². The number of aliphatic imine (C=N–C) groups is 1. The Labute approximate surface area is 206 Å². The molecule has 2 amide bonds. The Morgan fingerprint density at radius 3 is 2.16 bits per heavy atom. The number of carbonyl (C=O) groups is 2. The molecule has 0 aliphatic carbocycles. The Kier molecular flexibility index (Phi) is 9.64. The number of imide groups is 1. The lowest BCUT2D eigenvalue weighted by molar-refractivity contribution is 0.0649. The number of hydrogen-bond acceptors (Lipinski definition) is 4. The second-order valence-electron chi connectivity index (χ2n) is 7.78. The Bertz CT molecular complexity index is 912. The van der Waals surface area contributed by atoms with Crippen molar-refractivity contribution >= 4 is 41.8 Å². The zero-order valence-corrected chi connectivity index (χ0v) is 20.8. The molecule has 8 heteroatoms. The molecule has 1 aliphatic rings. The van der Waals surface area contributed by atoms with E-state index in [0.717, 1.165) is 12.0 Å². The zero-order valence-electron chi connectivity index (χ0n) is 18.5. The number of nitrogens with zero attached hydrogens (tertiary/aromatic N) is 2. The van der Waals surface area contributed by atoms with Gasteiger partial charge in [-0.2, -0.15) is 0 Å². The molecule has 2 aromatic rings. The zero-order chi connectivity index (χ0) is 22.3. The lowest BCUT2D eigenvalue weighted by atomic mass is 9.96. The molecule has 3 rings (SSSR count). The Morgan fingerprint density at radius 1 is 0.969 bits per heavy atom. The smallest absolute Gasteiger partial charge is 0.261 e. The van der Waals surface area contributed by atoms with Crippen molar-refractivity contribution in [2.24, 2.45) is 4.99 Å². The minimum absolute atomic E-state index is 0. The fraction of sp³-hybridized carbons (Fsp3) is 0.375. The van der Waals surface area contributed by atoms with Crippen molar-refractivity contribution in [1.82, 2.24) is 15.5 Å². The summed E-state index contributed by atoms with van der Waals surface area (Å²) >= 11 is 0. The molecule has 3 N–H and O–H groups in total. The highest BCUT2D eigenvalue weighted by molar-refractivity contribution is 14.0. The van der Waals surface area contributed by atoms with Gasteiger partial charge in [0.2, 0.25) is 0 Å². The Morgan fingerprint density at radius 2 is 1.56 bits per heavy atom. The van der Waals surface area contributed by atoms with Crippen LogP contribution >= 0.6 is 24.0 Å². The number of fused-ring (bicyclic) bond motifs is 1. The second kappa shape index (κ2) is 12.0. The summed E-state index contributed by atoms with van der Waals surface area (Å²) < 4.78 is 0. The van der Waals surface area contributed by atoms with Crippen LogP contribution in [0.1, 0.15) is 53.0 Å². The highest BCUT2D eigenvalue weighted by Gasteiger charge is 2.34. The quantitative estimate of drug-likeness (QED) is 0.147. The highest BCUT2D eigenvalue weighted by atomic mass is 127. The van der Waals surface area contributed by atoms with E-state index in [1.165, 1.54) is 4.90 Å². The molecule has 2 aromatic carbocycles. The summed E-state index contributed by atoms with van der Waals surface area (Å²) in [5.41, 5.74) is 0.723. The van der Waals surface area contributed by atoms with E-state index >= 15 is 0 Å². The summed E-state index contributed by atoms with van der Waals surface area (Å²) in [7, 11) is 0. The van der Waals surface area contributed by atoms with Crippen LogP contribution in [0.2, 0.25) is 0 Å². The van der Waals surface area contributed by atoms with Gasteiger partial charge in [0.25, 0.3) is 11.8 Å². The standard InChI is InChI=1S/C24H30N4O3.HI/c1-3-25-23(27-17-24(2,31)18-11-5-4-6-12-18)26-15-9-10-16-28-21(29)19-13-7-8-14-20(19)22(28)30;/h4-8,11-14,31H,3,9-10,15-17H2,1-2H3,(H2,25,26,27);1H. The molecule has 0 saturated heterocycles. The third-order valence-electron chi connectivity index (χ3n) is 5.26. The van der Waals surface area contributed by atoms with Gasteiger partial charge in [0.15, 0.2) is 5.96 Å². The number of benzene rings is 2. The van der Waals surface area contributed by atoms with Crippen LogP contribution in [-0.4, -0.2) is 54.0 Å². The van der Waals surface area contributed by atoms with Gasteiger partial charge in [-0.05, 0) is 44.4 Å². The highest BCUT2D eigenvalue weighted by Crippen LogP contribution is 2.22. The second-order valence-corrected chi connectivity index (χ2v) is 7.78. The van der Waals surface area contributed by atoms with Crippen LogP contribution in [0, 0.1) is 0 Å². The molecule has 172 valence electrons. The van der Waals surface area contributed by atoms with Crippen molar-refractivity contribution < 1.29 is 14.7 Å². The van der Waals surface area contributed by atoms with Crippen LogP contribution in [0.5, 0.6) is 0 Å². The van der Waals surface area contributed by atoms with E-state index in [2.05, 4.69) is 15.6 Å². The molecule has 0 radical (unpaired) electrons. The van der Waals surface area contributed by atoms with E-state index in [0.29, 0.717) is 43.1 Å². The van der Waals surface area contributed by atoms with E-state index in [1.807, 2.05) is 37.3 Å². The molecular formula is C24H31IN4O3. The van der Waals surface area contributed by atoms with Crippen LogP contribution in [-0.2, 0) is 5.60 Å². The topological polar surface area (TPSA) is 94.0 Å². The maximum absolute atomic E-state index is 12.4. The van der Waals surface area contributed by atoms with E-state index < -0.39 is 5.60 Å². The molecular weight excluding hydrogens is 519 g/mol. The van der Waals surface area contributed by atoms with Crippen molar-refractivity contribution in [3.05, 3.63) is 71.3 Å². The number of carbonyl (C=O) groups excluding carboxylic acids is 2. The summed E-state index contributed by atoms with van der Waals surface area (Å²) in [5.74, 6) is 0.192. The molecule has 1 heterocycles. The number of nitrogens with one attached hydrogen (secondary N) is 2. The molecule has 32 heavy (non-hydrogen) atoms. The maximum atomic E-state index is 12.4. The van der Waals surface area contributed by atoms with Crippen LogP contribution in [0.3, 0.4) is 0 Å². The fourth-order valence-electron chi connectivity index (χ4n) is 3.51. The normalized spacial score (nSPS) is 15.1. The first-order valence-electron chi connectivity index (χ1n) is 10.7. The van der Waals surface area contributed by atoms with Gasteiger partial charge in [0, 0.05) is 19.6 Å². The summed E-state index contributed by atoms with van der Waals surface area (Å²) in [4.78, 5) is 30.6. The van der Waals surface area contributed by atoms with Gasteiger partial charge in [-0.25, -0.2) is 4.99 Å². The first-order valence-corrected chi connectivity index (χ1v) is 10.7. The molecule has 0 saturated carbocycles. The molecule has 1 unspecified atom stereocenters. The van der Waals surface area contributed by atoms with Gasteiger partial charge in [-0.3, -0.25) is 14.5 Å². The van der Waals surface area contributed by atoms with Gasteiger partial charge in [0.1, 0.15) is 5.60 Å². The maximum Gasteiger partial charge on any atom is 0.261 e. The van der Waals surface area contributed by atoms with Crippen molar-refractivity contribution in [2.45, 2.75) is 32.3 Å². The molecule has 0 fully saturated rings. The van der Waals surface area contributed by atoms with E-state index in [9.17, 15) is 14.7 Å². The molecule has 1 aliphatic heterocycles. The number of rotatable bonds is 9. The molecule has 0 bridgehead atoms. The van der Waals surface area contributed by atoms with Crippen LogP contribution in [0.4, 0.5) is 0 Å². The Hall–Kier alpha value is -2.46. The summed E-state index contributed by atoms with van der Waals surface area (Å²) in [5, 5.41) is 17.1. The molecule has 0 aromatic heterocycles. The lowest BCUT2D eigenvalue weighted by Crippen LogP contribution is -2.39. The number of guanidine groups is 1. The lowest BCUT2D eigenvalue weighted by Gasteiger charge is -2.22. The van der Waals surface area contributed by atoms with Crippen molar-refractivity contribution in [3.63, 3.8) is 0 Å². The summed E-state index contributed by atoms with van der Waals surface area (Å²) in [6.07, 6.45) is 1.46. The van der Waals surface area contributed by atoms with Crippen molar-refractivity contribution in [3.8, 4) is 0 Å². The SMILES string of the molecule is CCNC(=NCC(C)(O)c1ccccc1)NCCCCN1C(=O)c2ccccc2C1=O.I. The van der Waals surface area contributed by atoms with Gasteiger partial charge in [-0.15, -0.1) is 24.0 Å². The number of unbranched alkanes of at least 4 members (excludes halogenated alkanes) is 1. The summed E-state index contributed by atoms with van der Waals surface area (Å²) in [6.45, 7) is 5.69. The van der Waals surface area contributed by atoms with Gasteiger partial charge >= 0.3 is 0 Å². The predicted molar refractivity (Wildman–Crippen MR) is 136 cm³/mol. The average Bonchev–Trinajstić information content (AvgIpc) is 3.02. The molecule has 0 spiro atoms. The number of hydrogen-bond donors (Lipinski definition) is 3. The van der Waals surface area contributed by atoms with E-state index in [1.54, 1.807) is 31.2 Å². The fourth-order valence-corrected chi connectivity index (χ4v) is 3.51. The van der Waals surface area contributed by atoms with Gasteiger partial charge in [0.05, 0.1) is 17.7 Å². The molecule has 7 nitrogen and oxygen atoms in total. The Balaban J connectivity index is 0.00000363. The number of aliphatic hydroxyl groups is 1. The number of amides is 2. The average molecular weight is 550 g/mol. The van der Waals surface area contributed by atoms with Crippen molar-refractivity contribution in [2.75, 3.05) is 26.2 Å². The van der Waals surface area contributed by atoms with Gasteiger partial charge in [-0.1, -0.05) is 42.5 Å². The minimum Gasteiger partial charge on any atom is -0.384 e. The largest absolute Gasteiger partial charge is 0.384 e. The third kappa shape index (κ3) is 6.29. The van der Waals surface area contributed by atoms with E-state index in [-0.39, 0.29) is 42.3 Å².